The zero-order chi connectivity index (χ0) is 12.4. The average molecular weight is 338 g/mol. The van der Waals surface area contributed by atoms with Crippen LogP contribution in [0.5, 0.6) is 0 Å². The highest BCUT2D eigenvalue weighted by Gasteiger charge is 2.16. The van der Waals surface area contributed by atoms with Crippen LogP contribution in [-0.4, -0.2) is 21.3 Å². The lowest BCUT2D eigenvalue weighted by Gasteiger charge is -2.10. The number of hydrogen-bond acceptors (Lipinski definition) is 2. The van der Waals surface area contributed by atoms with Gasteiger partial charge in [0.1, 0.15) is 0 Å². The lowest BCUT2D eigenvalue weighted by atomic mass is 9.96. The van der Waals surface area contributed by atoms with E-state index in [1.165, 1.54) is 6.08 Å². The minimum atomic E-state index is -0.708. The third-order valence-electron chi connectivity index (χ3n) is 2.49. The fourth-order valence-electron chi connectivity index (χ4n) is 1.51. The van der Waals surface area contributed by atoms with Gasteiger partial charge in [0.15, 0.2) is 5.78 Å². The van der Waals surface area contributed by atoms with Gasteiger partial charge in [0.25, 0.3) is 0 Å². The number of aliphatic carboxylic acids is 1. The van der Waals surface area contributed by atoms with E-state index in [9.17, 15) is 9.59 Å². The number of rotatable bonds is 10. The van der Waals surface area contributed by atoms with Gasteiger partial charge in [0.05, 0.1) is 5.92 Å². The summed E-state index contributed by atoms with van der Waals surface area (Å²) in [7, 11) is 0. The van der Waals surface area contributed by atoms with E-state index in [0.29, 0.717) is 12.8 Å². The fourth-order valence-corrected chi connectivity index (χ4v) is 1.95. The van der Waals surface area contributed by atoms with Crippen LogP contribution < -0.4 is 0 Å². The van der Waals surface area contributed by atoms with Crippen molar-refractivity contribution in [3.63, 3.8) is 0 Å². The second-order valence-electron chi connectivity index (χ2n) is 3.78. The number of carboxylic acid groups (broad SMARTS) is 1. The van der Waals surface area contributed by atoms with Crippen LogP contribution in [-0.2, 0) is 9.59 Å². The molecule has 0 heterocycles. The van der Waals surface area contributed by atoms with Gasteiger partial charge >= 0.3 is 5.97 Å². The second-order valence-corrected chi connectivity index (χ2v) is 4.86. The summed E-state index contributed by atoms with van der Waals surface area (Å²) in [6.45, 7) is 3.40. The van der Waals surface area contributed by atoms with Crippen molar-refractivity contribution in [3.8, 4) is 0 Å². The Morgan fingerprint density at radius 3 is 2.38 bits per heavy atom. The molecule has 0 bridgehead atoms. The van der Waals surface area contributed by atoms with E-state index in [1.807, 2.05) is 0 Å². The molecular formula is C12H19IO3. The molecule has 0 aromatic rings. The topological polar surface area (TPSA) is 54.4 Å². The van der Waals surface area contributed by atoms with Crippen LogP contribution in [0.4, 0.5) is 0 Å². The molecule has 0 spiro atoms. The summed E-state index contributed by atoms with van der Waals surface area (Å²) in [5.41, 5.74) is 0. The molecule has 16 heavy (non-hydrogen) atoms. The van der Waals surface area contributed by atoms with E-state index in [0.717, 1.165) is 30.1 Å². The molecule has 0 radical (unpaired) electrons. The molecule has 0 aromatic heterocycles. The molecule has 1 unspecified atom stereocenters. The number of alkyl halides is 1. The molecule has 0 saturated heterocycles. The van der Waals surface area contributed by atoms with E-state index in [1.54, 1.807) is 0 Å². The molecule has 1 N–H and O–H groups in total. The van der Waals surface area contributed by atoms with Crippen molar-refractivity contribution in [1.29, 1.82) is 0 Å². The number of hydrogen-bond donors (Lipinski definition) is 1. The smallest absolute Gasteiger partial charge is 0.306 e. The predicted molar refractivity (Wildman–Crippen MR) is 72.9 cm³/mol. The second kappa shape index (κ2) is 9.81. The first-order valence-electron chi connectivity index (χ1n) is 5.55. The van der Waals surface area contributed by atoms with Gasteiger partial charge < -0.3 is 5.11 Å². The first kappa shape index (κ1) is 15.6. The molecule has 92 valence electrons. The third kappa shape index (κ3) is 7.84. The summed E-state index contributed by atoms with van der Waals surface area (Å²) in [5, 5.41) is 8.97. The number of ketones is 1. The zero-order valence-corrected chi connectivity index (χ0v) is 11.6. The third-order valence-corrected chi connectivity index (χ3v) is 3.25. The number of allylic oxidation sites excluding steroid dienone is 1. The van der Waals surface area contributed by atoms with Crippen LogP contribution in [0.1, 0.15) is 38.5 Å². The summed E-state index contributed by atoms with van der Waals surface area (Å²) >= 11 is 2.25. The maximum absolute atomic E-state index is 10.9. The van der Waals surface area contributed by atoms with Crippen LogP contribution in [0, 0.1) is 5.92 Å². The van der Waals surface area contributed by atoms with E-state index in [4.69, 9.17) is 5.11 Å². The fraction of sp³-hybridized carbons (Fsp3) is 0.667. The number of carboxylic acids is 1. The predicted octanol–water partition coefficient (Wildman–Crippen LogP) is 3.22. The van der Waals surface area contributed by atoms with Crippen molar-refractivity contribution in [3.05, 3.63) is 12.7 Å². The Bertz CT molecular complexity index is 238. The van der Waals surface area contributed by atoms with Crippen LogP contribution in [0.3, 0.4) is 0 Å². The van der Waals surface area contributed by atoms with E-state index in [2.05, 4.69) is 29.2 Å². The molecule has 0 saturated carbocycles. The molecule has 0 aliphatic carbocycles. The largest absolute Gasteiger partial charge is 0.481 e. The SMILES string of the molecule is C=CC(=O)CCCCC(CCCI)C(=O)O. The highest BCUT2D eigenvalue weighted by molar-refractivity contribution is 14.1. The van der Waals surface area contributed by atoms with E-state index in [-0.39, 0.29) is 11.7 Å². The Kier molecular flexibility index (Phi) is 9.57. The van der Waals surface area contributed by atoms with Crippen LogP contribution >= 0.6 is 22.6 Å². The quantitative estimate of drug-likeness (QED) is 0.288. The Hall–Kier alpha value is -0.390. The first-order valence-corrected chi connectivity index (χ1v) is 7.08. The summed E-state index contributed by atoms with van der Waals surface area (Å²) < 4.78 is 0.997. The minimum absolute atomic E-state index is 0.0409. The van der Waals surface area contributed by atoms with Gasteiger partial charge in [-0.25, -0.2) is 0 Å². The van der Waals surface area contributed by atoms with E-state index >= 15 is 0 Å². The molecular weight excluding hydrogens is 319 g/mol. The van der Waals surface area contributed by atoms with Gasteiger partial charge in [-0.2, -0.15) is 0 Å². The highest BCUT2D eigenvalue weighted by Crippen LogP contribution is 2.16. The van der Waals surface area contributed by atoms with E-state index < -0.39 is 5.97 Å². The van der Waals surface area contributed by atoms with Gasteiger partial charge in [-0.05, 0) is 36.2 Å². The normalized spacial score (nSPS) is 12.1. The molecule has 0 rings (SSSR count). The maximum atomic E-state index is 10.9. The number of carbonyl (C=O) groups excluding carboxylic acids is 1. The van der Waals surface area contributed by atoms with Crippen LogP contribution in [0.15, 0.2) is 12.7 Å². The van der Waals surface area contributed by atoms with Crippen LogP contribution in [0.25, 0.3) is 0 Å². The van der Waals surface area contributed by atoms with Gasteiger partial charge in [-0.1, -0.05) is 35.6 Å². The standard InChI is InChI=1S/C12H19IO3/c1-2-11(14)8-4-3-6-10(12(15)16)7-5-9-13/h2,10H,1,3-9H2,(H,15,16). The van der Waals surface area contributed by atoms with Crippen molar-refractivity contribution in [2.45, 2.75) is 38.5 Å². The van der Waals surface area contributed by atoms with Crippen molar-refractivity contribution in [2.75, 3.05) is 4.43 Å². The molecule has 1 atom stereocenters. The Morgan fingerprint density at radius 1 is 1.25 bits per heavy atom. The first-order chi connectivity index (χ1) is 7.61. The Labute approximate surface area is 110 Å². The highest BCUT2D eigenvalue weighted by atomic mass is 127. The zero-order valence-electron chi connectivity index (χ0n) is 9.45. The minimum Gasteiger partial charge on any atom is -0.481 e. The van der Waals surface area contributed by atoms with Crippen molar-refractivity contribution < 1.29 is 14.7 Å². The molecule has 0 aliphatic rings. The Morgan fingerprint density at radius 2 is 1.88 bits per heavy atom. The maximum Gasteiger partial charge on any atom is 0.306 e. The van der Waals surface area contributed by atoms with Gasteiger partial charge in [-0.15, -0.1) is 0 Å². The monoisotopic (exact) mass is 338 g/mol. The summed E-state index contributed by atoms with van der Waals surface area (Å²) in [5.74, 6) is -0.910. The molecule has 0 aliphatic heterocycles. The van der Waals surface area contributed by atoms with Gasteiger partial charge in [0, 0.05) is 6.42 Å². The van der Waals surface area contributed by atoms with Crippen molar-refractivity contribution in [1.82, 2.24) is 0 Å². The number of carbonyl (C=O) groups is 2. The lowest BCUT2D eigenvalue weighted by Crippen LogP contribution is -2.13. The molecule has 4 heteroatoms. The molecule has 0 amide bonds. The number of halogens is 1. The molecule has 3 nitrogen and oxygen atoms in total. The summed E-state index contributed by atoms with van der Waals surface area (Å²) in [4.78, 5) is 21.8. The van der Waals surface area contributed by atoms with Crippen molar-refractivity contribution in [2.24, 2.45) is 5.92 Å². The lowest BCUT2D eigenvalue weighted by molar-refractivity contribution is -0.142. The van der Waals surface area contributed by atoms with Crippen LogP contribution in [0.2, 0.25) is 0 Å². The summed E-state index contributed by atoms with van der Waals surface area (Å²) in [6.07, 6.45) is 5.75. The molecule has 0 fully saturated rings. The Balaban J connectivity index is 3.71. The summed E-state index contributed by atoms with van der Waals surface area (Å²) in [6, 6.07) is 0. The average Bonchev–Trinajstić information content (AvgIpc) is 2.27. The van der Waals surface area contributed by atoms with Gasteiger partial charge in [0.2, 0.25) is 0 Å². The molecule has 0 aromatic carbocycles. The van der Waals surface area contributed by atoms with Gasteiger partial charge in [-0.3, -0.25) is 9.59 Å². The van der Waals surface area contributed by atoms with Crippen molar-refractivity contribution >= 4 is 34.3 Å². The number of unbranched alkanes of at least 4 members (excludes halogenated alkanes) is 1.